The molecule has 1 aliphatic rings. The van der Waals surface area contributed by atoms with Crippen molar-refractivity contribution >= 4 is 0 Å². The zero-order chi connectivity index (χ0) is 7.40. The van der Waals surface area contributed by atoms with Gasteiger partial charge in [0.15, 0.2) is 0 Å². The van der Waals surface area contributed by atoms with Crippen molar-refractivity contribution in [3.05, 3.63) is 7.05 Å². The van der Waals surface area contributed by atoms with Crippen LogP contribution >= 0.6 is 0 Å². The van der Waals surface area contributed by atoms with E-state index in [2.05, 4.69) is 17.1 Å². The second-order valence-electron chi connectivity index (χ2n) is 2.83. The van der Waals surface area contributed by atoms with Crippen molar-refractivity contribution in [2.24, 2.45) is 0 Å². The van der Waals surface area contributed by atoms with Gasteiger partial charge in [-0.05, 0) is 25.9 Å². The van der Waals surface area contributed by atoms with E-state index in [1.54, 1.807) is 0 Å². The molecule has 0 bridgehead atoms. The molecule has 1 saturated heterocycles. The van der Waals surface area contributed by atoms with Crippen molar-refractivity contribution in [3.63, 3.8) is 0 Å². The molecule has 1 unspecified atom stereocenters. The number of likely N-dealkylation sites (tertiary alicyclic amines) is 1. The van der Waals surface area contributed by atoms with Crippen molar-refractivity contribution in [1.82, 2.24) is 10.2 Å². The van der Waals surface area contributed by atoms with Gasteiger partial charge in [0.25, 0.3) is 0 Å². The lowest BCUT2D eigenvalue weighted by Crippen LogP contribution is -2.35. The van der Waals surface area contributed by atoms with Crippen molar-refractivity contribution < 1.29 is 0 Å². The summed E-state index contributed by atoms with van der Waals surface area (Å²) >= 11 is 0. The van der Waals surface area contributed by atoms with Gasteiger partial charge in [0.1, 0.15) is 0 Å². The van der Waals surface area contributed by atoms with Crippen molar-refractivity contribution in [1.29, 1.82) is 0 Å². The number of hydrogen-bond donors (Lipinski definition) is 1. The minimum Gasteiger partial charge on any atom is -0.309 e. The predicted molar refractivity (Wildman–Crippen MR) is 42.6 cm³/mol. The molecule has 0 saturated carbocycles. The highest BCUT2D eigenvalue weighted by molar-refractivity contribution is 4.79. The van der Waals surface area contributed by atoms with Gasteiger partial charge in [-0.3, -0.25) is 4.90 Å². The Morgan fingerprint density at radius 3 is 3.10 bits per heavy atom. The minimum absolute atomic E-state index is 0.690. The Balaban J connectivity index is 2.27. The molecule has 0 spiro atoms. The largest absolute Gasteiger partial charge is 0.309 e. The first-order valence-electron chi connectivity index (χ1n) is 4.06. The van der Waals surface area contributed by atoms with Crippen LogP contribution in [-0.4, -0.2) is 30.6 Å². The first kappa shape index (κ1) is 8.02. The maximum Gasteiger partial charge on any atom is 0.0408 e. The molecule has 1 aliphatic heterocycles. The zero-order valence-electron chi connectivity index (χ0n) is 6.64. The van der Waals surface area contributed by atoms with E-state index in [1.165, 1.54) is 19.4 Å². The summed E-state index contributed by atoms with van der Waals surface area (Å²) in [7, 11) is 5.25. The molecule has 2 heteroatoms. The molecular weight excluding hydrogens is 124 g/mol. The fourth-order valence-electron chi connectivity index (χ4n) is 1.68. The van der Waals surface area contributed by atoms with Gasteiger partial charge >= 0.3 is 0 Å². The minimum atomic E-state index is 0.690. The number of nitrogens with zero attached hydrogens (tertiary/aromatic N) is 1. The van der Waals surface area contributed by atoms with Crippen LogP contribution < -0.4 is 5.32 Å². The van der Waals surface area contributed by atoms with E-state index in [9.17, 15) is 0 Å². The molecule has 0 aromatic carbocycles. The Hall–Kier alpha value is -0.0800. The summed E-state index contributed by atoms with van der Waals surface area (Å²) in [6.07, 6.45) is 2.64. The van der Waals surface area contributed by atoms with E-state index in [-0.39, 0.29) is 0 Å². The van der Waals surface area contributed by atoms with Crippen LogP contribution in [-0.2, 0) is 0 Å². The number of likely N-dealkylation sites (N-methyl/N-ethyl adjacent to an activating group) is 1. The molecule has 10 heavy (non-hydrogen) atoms. The summed E-state index contributed by atoms with van der Waals surface area (Å²) < 4.78 is 0. The third kappa shape index (κ3) is 1.70. The Labute approximate surface area is 63.6 Å². The van der Waals surface area contributed by atoms with Gasteiger partial charge in [0.05, 0.1) is 0 Å². The number of hydrogen-bond acceptors (Lipinski definition) is 2. The SMILES string of the molecule is [CH]NCC1CCCN1CC. The topological polar surface area (TPSA) is 15.3 Å². The maximum absolute atomic E-state index is 5.25. The summed E-state index contributed by atoms with van der Waals surface area (Å²) in [5.41, 5.74) is 0. The Kier molecular flexibility index (Phi) is 3.16. The van der Waals surface area contributed by atoms with E-state index in [1.807, 2.05) is 0 Å². The van der Waals surface area contributed by atoms with E-state index in [4.69, 9.17) is 7.05 Å². The normalized spacial score (nSPS) is 27.6. The van der Waals surface area contributed by atoms with Crippen LogP contribution in [0.3, 0.4) is 0 Å². The van der Waals surface area contributed by atoms with E-state index in [0.717, 1.165) is 13.1 Å². The molecule has 1 heterocycles. The molecular formula is C8H16N2. The van der Waals surface area contributed by atoms with E-state index in [0.29, 0.717) is 6.04 Å². The molecule has 1 rings (SSSR count). The van der Waals surface area contributed by atoms with Gasteiger partial charge in [0.2, 0.25) is 0 Å². The van der Waals surface area contributed by atoms with Gasteiger partial charge < -0.3 is 5.32 Å². The monoisotopic (exact) mass is 140 g/mol. The van der Waals surface area contributed by atoms with Crippen LogP contribution in [0.5, 0.6) is 0 Å². The molecule has 0 aromatic heterocycles. The van der Waals surface area contributed by atoms with Crippen LogP contribution in [0.15, 0.2) is 0 Å². The summed E-state index contributed by atoms with van der Waals surface area (Å²) in [4.78, 5) is 2.47. The van der Waals surface area contributed by atoms with Gasteiger partial charge in [-0.25, -0.2) is 0 Å². The third-order valence-electron chi connectivity index (χ3n) is 2.26. The number of rotatable bonds is 3. The van der Waals surface area contributed by atoms with Gasteiger partial charge in [-0.2, -0.15) is 0 Å². The molecule has 0 aromatic rings. The summed E-state index contributed by atoms with van der Waals surface area (Å²) in [5, 5.41) is 2.73. The predicted octanol–water partition coefficient (Wildman–Crippen LogP) is 0.729. The van der Waals surface area contributed by atoms with Crippen LogP contribution in [0.1, 0.15) is 19.8 Å². The van der Waals surface area contributed by atoms with Crippen LogP contribution in [0, 0.1) is 7.05 Å². The Morgan fingerprint density at radius 2 is 2.50 bits per heavy atom. The molecule has 58 valence electrons. The van der Waals surface area contributed by atoms with Gasteiger partial charge in [-0.1, -0.05) is 6.92 Å². The van der Waals surface area contributed by atoms with E-state index >= 15 is 0 Å². The lowest BCUT2D eigenvalue weighted by Gasteiger charge is -2.21. The lowest BCUT2D eigenvalue weighted by atomic mass is 10.2. The Bertz CT molecular complexity index is 93.3. The standard InChI is InChI=1S/C8H16N2/c1-3-10-6-4-5-8(10)7-9-2/h2,8-9H,3-7H2,1H3. The summed E-state index contributed by atoms with van der Waals surface area (Å²) in [6, 6.07) is 0.690. The Morgan fingerprint density at radius 1 is 1.70 bits per heavy atom. The van der Waals surface area contributed by atoms with Crippen molar-refractivity contribution in [2.75, 3.05) is 19.6 Å². The molecule has 2 nitrogen and oxygen atoms in total. The van der Waals surface area contributed by atoms with E-state index < -0.39 is 0 Å². The third-order valence-corrected chi connectivity index (χ3v) is 2.26. The lowest BCUT2D eigenvalue weighted by molar-refractivity contribution is 0.265. The second kappa shape index (κ2) is 3.94. The quantitative estimate of drug-likeness (QED) is 0.581. The van der Waals surface area contributed by atoms with Crippen LogP contribution in [0.4, 0.5) is 0 Å². The van der Waals surface area contributed by atoms with Crippen LogP contribution in [0.2, 0.25) is 0 Å². The maximum atomic E-state index is 5.25. The first-order chi connectivity index (χ1) is 4.88. The van der Waals surface area contributed by atoms with Crippen molar-refractivity contribution in [3.8, 4) is 0 Å². The first-order valence-corrected chi connectivity index (χ1v) is 4.06. The molecule has 2 radical (unpaired) electrons. The molecule has 0 amide bonds. The second-order valence-corrected chi connectivity index (χ2v) is 2.83. The highest BCUT2D eigenvalue weighted by Crippen LogP contribution is 2.15. The van der Waals surface area contributed by atoms with Gasteiger partial charge in [-0.15, -0.1) is 0 Å². The summed E-state index contributed by atoms with van der Waals surface area (Å²) in [5.74, 6) is 0. The highest BCUT2D eigenvalue weighted by Gasteiger charge is 2.21. The molecule has 1 atom stereocenters. The van der Waals surface area contributed by atoms with Crippen LogP contribution in [0.25, 0.3) is 0 Å². The molecule has 1 fully saturated rings. The fraction of sp³-hybridized carbons (Fsp3) is 0.875. The fourth-order valence-corrected chi connectivity index (χ4v) is 1.68. The zero-order valence-corrected chi connectivity index (χ0v) is 6.64. The smallest absolute Gasteiger partial charge is 0.0408 e. The molecule has 1 N–H and O–H groups in total. The number of nitrogens with one attached hydrogen (secondary N) is 1. The average Bonchev–Trinajstić information content (AvgIpc) is 2.36. The van der Waals surface area contributed by atoms with Gasteiger partial charge in [0, 0.05) is 19.6 Å². The molecule has 0 aliphatic carbocycles. The average molecular weight is 140 g/mol. The highest BCUT2D eigenvalue weighted by atomic mass is 15.2. The van der Waals surface area contributed by atoms with Crippen molar-refractivity contribution in [2.45, 2.75) is 25.8 Å². The summed E-state index contributed by atoms with van der Waals surface area (Å²) in [6.45, 7) is 5.55.